The van der Waals surface area contributed by atoms with E-state index in [-0.39, 0.29) is 11.7 Å². The summed E-state index contributed by atoms with van der Waals surface area (Å²) in [5.41, 5.74) is 0.953. The topological polar surface area (TPSA) is 63.3 Å². The Hall–Kier alpha value is -2.09. The monoisotopic (exact) mass is 462 g/mol. The predicted molar refractivity (Wildman–Crippen MR) is 112 cm³/mol. The number of carbonyl (C=O) groups is 1. The van der Waals surface area contributed by atoms with Gasteiger partial charge in [-0.15, -0.1) is 0 Å². The molecule has 8 heteroatoms. The van der Waals surface area contributed by atoms with Gasteiger partial charge in [0.05, 0.1) is 17.6 Å². The first-order valence-electron chi connectivity index (χ1n) is 9.17. The van der Waals surface area contributed by atoms with Crippen LogP contribution < -0.4 is 5.32 Å². The molecule has 28 heavy (non-hydrogen) atoms. The summed E-state index contributed by atoms with van der Waals surface area (Å²) in [4.78, 5) is 14.9. The molecule has 2 aromatic heterocycles. The van der Waals surface area contributed by atoms with Gasteiger partial charge in [-0.25, -0.2) is 0 Å². The van der Waals surface area contributed by atoms with Gasteiger partial charge >= 0.3 is 0 Å². The van der Waals surface area contributed by atoms with E-state index < -0.39 is 0 Å². The average Bonchev–Trinajstić information content (AvgIpc) is 3.41. The molecule has 0 unspecified atom stereocenters. The van der Waals surface area contributed by atoms with Crippen LogP contribution in [0.5, 0.6) is 0 Å². The van der Waals surface area contributed by atoms with E-state index in [1.807, 2.05) is 30.3 Å². The van der Waals surface area contributed by atoms with Crippen LogP contribution in [-0.4, -0.2) is 33.7 Å². The summed E-state index contributed by atoms with van der Waals surface area (Å²) in [6.07, 6.45) is 4.25. The maximum absolute atomic E-state index is 12.5. The van der Waals surface area contributed by atoms with Crippen molar-refractivity contribution >= 4 is 39.3 Å². The largest absolute Gasteiger partial charge is 0.455 e. The number of nitrogens with zero attached hydrogens (tertiary/aromatic N) is 3. The van der Waals surface area contributed by atoms with Crippen molar-refractivity contribution in [3.05, 3.63) is 69.2 Å². The van der Waals surface area contributed by atoms with E-state index in [2.05, 4.69) is 31.2 Å². The normalized spacial score (nSPS) is 14.5. The zero-order valence-corrected chi connectivity index (χ0v) is 17.5. The number of nitrogens with one attached hydrogen (secondary N) is 1. The second-order valence-electron chi connectivity index (χ2n) is 6.82. The molecular formula is C20H20BrClN4O2. The van der Waals surface area contributed by atoms with Gasteiger partial charge in [0, 0.05) is 11.2 Å². The highest BCUT2D eigenvalue weighted by Crippen LogP contribution is 2.23. The molecule has 0 bridgehead atoms. The molecule has 6 nitrogen and oxygen atoms in total. The van der Waals surface area contributed by atoms with Gasteiger partial charge in [0.25, 0.3) is 5.91 Å². The first-order chi connectivity index (χ1) is 13.6. The molecule has 146 valence electrons. The predicted octanol–water partition coefficient (Wildman–Crippen LogP) is 4.79. The second kappa shape index (κ2) is 8.51. The molecule has 1 aromatic carbocycles. The summed E-state index contributed by atoms with van der Waals surface area (Å²) in [6.45, 7) is 3.41. The van der Waals surface area contributed by atoms with Crippen molar-refractivity contribution < 1.29 is 9.21 Å². The lowest BCUT2D eigenvalue weighted by molar-refractivity contribution is 0.0992. The standard InChI is InChI=1S/C20H20BrClN4O2/c21-16-13-26(11-14-5-1-2-6-17(14)22)24-19(16)23-20(27)18-8-7-15(28-18)12-25-9-3-4-10-25/h1-2,5-8,13H,3-4,9-12H2,(H,23,24,27). The molecule has 0 spiro atoms. The third-order valence-electron chi connectivity index (χ3n) is 4.70. The molecule has 0 saturated carbocycles. The highest BCUT2D eigenvalue weighted by Gasteiger charge is 2.18. The molecule has 0 atom stereocenters. The number of hydrogen-bond donors (Lipinski definition) is 1. The maximum atomic E-state index is 12.5. The lowest BCUT2D eigenvalue weighted by atomic mass is 10.2. The fourth-order valence-corrected chi connectivity index (χ4v) is 3.89. The SMILES string of the molecule is O=C(Nc1nn(Cc2ccccc2Cl)cc1Br)c1ccc(CN2CCCC2)o1. The van der Waals surface area contributed by atoms with Crippen LogP contribution >= 0.6 is 27.5 Å². The zero-order valence-electron chi connectivity index (χ0n) is 15.2. The van der Waals surface area contributed by atoms with Gasteiger partial charge in [-0.1, -0.05) is 29.8 Å². The Morgan fingerprint density at radius 3 is 2.75 bits per heavy atom. The van der Waals surface area contributed by atoms with Crippen LogP contribution in [0.2, 0.25) is 5.02 Å². The fourth-order valence-electron chi connectivity index (χ4n) is 3.28. The third kappa shape index (κ3) is 4.48. The van der Waals surface area contributed by atoms with E-state index in [4.69, 9.17) is 16.0 Å². The van der Waals surface area contributed by atoms with Crippen LogP contribution in [0, 0.1) is 0 Å². The number of hydrogen-bond acceptors (Lipinski definition) is 4. The quantitative estimate of drug-likeness (QED) is 0.571. The number of anilines is 1. The van der Waals surface area contributed by atoms with Gasteiger partial charge in [0.15, 0.2) is 11.6 Å². The van der Waals surface area contributed by atoms with Crippen molar-refractivity contribution in [1.29, 1.82) is 0 Å². The summed E-state index contributed by atoms with van der Waals surface area (Å²) < 4.78 is 8.13. The number of aromatic nitrogens is 2. The Morgan fingerprint density at radius 1 is 1.18 bits per heavy atom. The zero-order chi connectivity index (χ0) is 19.5. The average molecular weight is 464 g/mol. The minimum atomic E-state index is -0.323. The van der Waals surface area contributed by atoms with Crippen LogP contribution in [0.15, 0.2) is 51.5 Å². The minimum Gasteiger partial charge on any atom is -0.455 e. The summed E-state index contributed by atoms with van der Waals surface area (Å²) in [5, 5.41) is 7.91. The van der Waals surface area contributed by atoms with E-state index in [0.717, 1.165) is 31.0 Å². The van der Waals surface area contributed by atoms with Crippen molar-refractivity contribution in [1.82, 2.24) is 14.7 Å². The van der Waals surface area contributed by atoms with Gasteiger partial charge in [0.2, 0.25) is 0 Å². The van der Waals surface area contributed by atoms with Crippen LogP contribution in [0.1, 0.15) is 34.7 Å². The Labute approximate surface area is 176 Å². The van der Waals surface area contributed by atoms with Crippen molar-refractivity contribution in [2.75, 3.05) is 18.4 Å². The number of likely N-dealkylation sites (tertiary alicyclic amines) is 1. The number of carbonyl (C=O) groups excluding carboxylic acids is 1. The van der Waals surface area contributed by atoms with Crippen LogP contribution in [-0.2, 0) is 13.1 Å². The molecular weight excluding hydrogens is 444 g/mol. The smallest absolute Gasteiger partial charge is 0.292 e. The van der Waals surface area contributed by atoms with E-state index >= 15 is 0 Å². The van der Waals surface area contributed by atoms with E-state index in [1.165, 1.54) is 12.8 Å². The molecule has 3 aromatic rings. The minimum absolute atomic E-state index is 0.279. The van der Waals surface area contributed by atoms with Gasteiger partial charge in [0.1, 0.15) is 5.76 Å². The molecule has 1 aliphatic heterocycles. The first kappa shape index (κ1) is 19.2. The molecule has 4 rings (SSSR count). The Balaban J connectivity index is 1.41. The third-order valence-corrected chi connectivity index (χ3v) is 5.65. The number of benzene rings is 1. The van der Waals surface area contributed by atoms with Crippen LogP contribution in [0.4, 0.5) is 5.82 Å². The molecule has 1 N–H and O–H groups in total. The van der Waals surface area contributed by atoms with Crippen LogP contribution in [0.25, 0.3) is 0 Å². The number of rotatable bonds is 6. The Morgan fingerprint density at radius 2 is 1.96 bits per heavy atom. The summed E-state index contributed by atoms with van der Waals surface area (Å²) >= 11 is 9.66. The fraction of sp³-hybridized carbons (Fsp3) is 0.300. The van der Waals surface area contributed by atoms with Crippen molar-refractivity contribution in [2.45, 2.75) is 25.9 Å². The summed E-state index contributed by atoms with van der Waals surface area (Å²) in [7, 11) is 0. The van der Waals surface area contributed by atoms with E-state index in [9.17, 15) is 4.79 Å². The first-order valence-corrected chi connectivity index (χ1v) is 10.3. The van der Waals surface area contributed by atoms with Crippen molar-refractivity contribution in [2.24, 2.45) is 0 Å². The number of amides is 1. The maximum Gasteiger partial charge on any atom is 0.292 e. The van der Waals surface area contributed by atoms with Gasteiger partial charge in [-0.2, -0.15) is 5.10 Å². The molecule has 1 aliphatic rings. The second-order valence-corrected chi connectivity index (χ2v) is 8.08. The highest BCUT2D eigenvalue weighted by molar-refractivity contribution is 9.10. The molecule has 1 saturated heterocycles. The summed E-state index contributed by atoms with van der Waals surface area (Å²) in [6, 6.07) is 11.2. The van der Waals surface area contributed by atoms with Gasteiger partial charge in [-0.05, 0) is 65.6 Å². The Bertz CT molecular complexity index is 978. The summed E-state index contributed by atoms with van der Waals surface area (Å²) in [5.74, 6) is 1.20. The van der Waals surface area contributed by atoms with E-state index in [0.29, 0.717) is 21.9 Å². The highest BCUT2D eigenvalue weighted by atomic mass is 79.9. The molecule has 0 radical (unpaired) electrons. The lowest BCUT2D eigenvalue weighted by Gasteiger charge is -2.11. The molecule has 3 heterocycles. The molecule has 1 amide bonds. The van der Waals surface area contributed by atoms with Crippen LogP contribution in [0.3, 0.4) is 0 Å². The number of furan rings is 1. The van der Waals surface area contributed by atoms with Crippen molar-refractivity contribution in [3.8, 4) is 0 Å². The van der Waals surface area contributed by atoms with E-state index in [1.54, 1.807) is 16.9 Å². The number of halogens is 2. The lowest BCUT2D eigenvalue weighted by Crippen LogP contribution is -2.18. The van der Waals surface area contributed by atoms with Crippen molar-refractivity contribution in [3.63, 3.8) is 0 Å². The van der Waals surface area contributed by atoms with Gasteiger partial charge in [-0.3, -0.25) is 14.4 Å². The van der Waals surface area contributed by atoms with Gasteiger partial charge < -0.3 is 9.73 Å². The molecule has 0 aliphatic carbocycles. The Kier molecular flexibility index (Phi) is 5.85. The molecule has 1 fully saturated rings.